The summed E-state index contributed by atoms with van der Waals surface area (Å²) in [4.78, 5) is 23.6. The zero-order valence-corrected chi connectivity index (χ0v) is 13.2. The van der Waals surface area contributed by atoms with E-state index in [1.807, 2.05) is 6.92 Å². The molecule has 1 aromatic carbocycles. The van der Waals surface area contributed by atoms with Crippen LogP contribution < -0.4 is 5.32 Å². The number of nitrogens with one attached hydrogen (secondary N) is 1. The summed E-state index contributed by atoms with van der Waals surface area (Å²) in [7, 11) is 0. The van der Waals surface area contributed by atoms with Crippen LogP contribution in [0, 0.1) is 23.6 Å². The maximum Gasteiger partial charge on any atom is 0.307 e. The van der Waals surface area contributed by atoms with Crippen molar-refractivity contribution in [1.29, 1.82) is 0 Å². The fourth-order valence-electron chi connectivity index (χ4n) is 2.86. The summed E-state index contributed by atoms with van der Waals surface area (Å²) in [6.45, 7) is 2.00. The standard InChI is InChI=1S/C15H17BrFNO3/c1-2-8-5-10(11(6-8)15(20)21)14(19)18-13-4-3-9(17)7-12(13)16/h3-4,7-8,10-11H,2,5-6H2,1H3,(H,18,19)(H,20,21)/t8?,10-,11+/m0/s1. The number of aliphatic carboxylic acids is 1. The molecule has 0 saturated heterocycles. The van der Waals surface area contributed by atoms with Crippen molar-refractivity contribution in [2.24, 2.45) is 17.8 Å². The van der Waals surface area contributed by atoms with Gasteiger partial charge in [0.25, 0.3) is 0 Å². The van der Waals surface area contributed by atoms with E-state index in [9.17, 15) is 19.1 Å². The highest BCUT2D eigenvalue weighted by Crippen LogP contribution is 2.39. The van der Waals surface area contributed by atoms with E-state index in [0.29, 0.717) is 23.0 Å². The van der Waals surface area contributed by atoms with E-state index in [0.717, 1.165) is 6.42 Å². The fourth-order valence-corrected chi connectivity index (χ4v) is 3.31. The van der Waals surface area contributed by atoms with Gasteiger partial charge in [0.1, 0.15) is 5.82 Å². The van der Waals surface area contributed by atoms with Crippen LogP contribution in [-0.2, 0) is 9.59 Å². The van der Waals surface area contributed by atoms with Crippen molar-refractivity contribution in [2.75, 3.05) is 5.32 Å². The number of carboxylic acid groups (broad SMARTS) is 1. The molecule has 21 heavy (non-hydrogen) atoms. The molecule has 1 aliphatic carbocycles. The monoisotopic (exact) mass is 357 g/mol. The van der Waals surface area contributed by atoms with Crippen LogP contribution in [-0.4, -0.2) is 17.0 Å². The molecule has 1 aliphatic rings. The van der Waals surface area contributed by atoms with Crippen molar-refractivity contribution in [3.8, 4) is 0 Å². The van der Waals surface area contributed by atoms with Gasteiger partial charge in [0.2, 0.25) is 5.91 Å². The molecule has 2 rings (SSSR count). The van der Waals surface area contributed by atoms with E-state index in [-0.39, 0.29) is 11.8 Å². The van der Waals surface area contributed by atoms with Gasteiger partial charge in [0, 0.05) is 4.47 Å². The third-order valence-corrected chi connectivity index (χ3v) is 4.74. The quantitative estimate of drug-likeness (QED) is 0.863. The van der Waals surface area contributed by atoms with Crippen molar-refractivity contribution in [2.45, 2.75) is 26.2 Å². The second kappa shape index (κ2) is 6.56. The number of anilines is 1. The van der Waals surface area contributed by atoms with Crippen LogP contribution in [0.3, 0.4) is 0 Å². The van der Waals surface area contributed by atoms with Gasteiger partial charge in [-0.15, -0.1) is 0 Å². The average Bonchev–Trinajstić information content (AvgIpc) is 2.86. The molecule has 0 aliphatic heterocycles. The second-order valence-corrected chi connectivity index (χ2v) is 6.26. The first kappa shape index (κ1) is 15.9. The van der Waals surface area contributed by atoms with Crippen molar-refractivity contribution in [3.05, 3.63) is 28.5 Å². The molecule has 0 radical (unpaired) electrons. The summed E-state index contributed by atoms with van der Waals surface area (Å²) < 4.78 is 13.5. The Bertz CT molecular complexity index is 564. The van der Waals surface area contributed by atoms with Crippen molar-refractivity contribution >= 4 is 33.5 Å². The van der Waals surface area contributed by atoms with E-state index in [4.69, 9.17) is 0 Å². The Labute approximate surface area is 130 Å². The molecule has 0 aromatic heterocycles. The largest absolute Gasteiger partial charge is 0.481 e. The van der Waals surface area contributed by atoms with Crippen LogP contribution in [0.25, 0.3) is 0 Å². The van der Waals surface area contributed by atoms with Crippen LogP contribution in [0.15, 0.2) is 22.7 Å². The highest BCUT2D eigenvalue weighted by Gasteiger charge is 2.42. The minimum Gasteiger partial charge on any atom is -0.481 e. The molecule has 1 aromatic rings. The minimum absolute atomic E-state index is 0.263. The van der Waals surface area contributed by atoms with Gasteiger partial charge in [-0.05, 0) is 52.9 Å². The Kier molecular flexibility index (Phi) is 4.98. The third-order valence-electron chi connectivity index (χ3n) is 4.08. The Morgan fingerprint density at radius 1 is 1.38 bits per heavy atom. The molecule has 1 fully saturated rings. The highest BCUT2D eigenvalue weighted by molar-refractivity contribution is 9.10. The average molecular weight is 358 g/mol. The maximum atomic E-state index is 13.0. The van der Waals surface area contributed by atoms with E-state index >= 15 is 0 Å². The summed E-state index contributed by atoms with van der Waals surface area (Å²) in [5.41, 5.74) is 0.450. The van der Waals surface area contributed by atoms with Crippen LogP contribution in [0.4, 0.5) is 10.1 Å². The molecule has 0 heterocycles. The van der Waals surface area contributed by atoms with E-state index in [2.05, 4.69) is 21.2 Å². The molecule has 4 nitrogen and oxygen atoms in total. The van der Waals surface area contributed by atoms with Gasteiger partial charge in [-0.1, -0.05) is 13.3 Å². The van der Waals surface area contributed by atoms with Crippen molar-refractivity contribution in [1.82, 2.24) is 0 Å². The van der Waals surface area contributed by atoms with E-state index in [1.165, 1.54) is 18.2 Å². The Morgan fingerprint density at radius 3 is 2.62 bits per heavy atom. The fraction of sp³-hybridized carbons (Fsp3) is 0.467. The lowest BCUT2D eigenvalue weighted by Crippen LogP contribution is -2.30. The molecule has 1 amide bonds. The number of hydrogen-bond donors (Lipinski definition) is 2. The lowest BCUT2D eigenvalue weighted by Gasteiger charge is -2.16. The minimum atomic E-state index is -0.927. The Hall–Kier alpha value is -1.43. The van der Waals surface area contributed by atoms with Gasteiger partial charge < -0.3 is 10.4 Å². The molecule has 6 heteroatoms. The van der Waals surface area contributed by atoms with Gasteiger partial charge in [0.15, 0.2) is 0 Å². The van der Waals surface area contributed by atoms with Gasteiger partial charge in [-0.25, -0.2) is 4.39 Å². The van der Waals surface area contributed by atoms with Crippen molar-refractivity contribution < 1.29 is 19.1 Å². The van der Waals surface area contributed by atoms with Gasteiger partial charge in [0.05, 0.1) is 17.5 Å². The molecule has 0 bridgehead atoms. The predicted molar refractivity (Wildman–Crippen MR) is 80.4 cm³/mol. The van der Waals surface area contributed by atoms with Crippen LogP contribution in [0.5, 0.6) is 0 Å². The van der Waals surface area contributed by atoms with Crippen molar-refractivity contribution in [3.63, 3.8) is 0 Å². The molecular weight excluding hydrogens is 341 g/mol. The van der Waals surface area contributed by atoms with Crippen LogP contribution in [0.1, 0.15) is 26.2 Å². The first-order valence-electron chi connectivity index (χ1n) is 6.91. The highest BCUT2D eigenvalue weighted by atomic mass is 79.9. The number of rotatable bonds is 4. The molecule has 1 unspecified atom stereocenters. The van der Waals surface area contributed by atoms with Gasteiger partial charge >= 0.3 is 5.97 Å². The molecule has 3 atom stereocenters. The number of halogens is 2. The summed E-state index contributed by atoms with van der Waals surface area (Å²) in [6, 6.07) is 3.96. The smallest absolute Gasteiger partial charge is 0.307 e. The normalized spacial score (nSPS) is 24.8. The van der Waals surface area contributed by atoms with Crippen LogP contribution >= 0.6 is 15.9 Å². The summed E-state index contributed by atoms with van der Waals surface area (Å²) in [5.74, 6) is -2.57. The van der Waals surface area contributed by atoms with Gasteiger partial charge in [-0.2, -0.15) is 0 Å². The Morgan fingerprint density at radius 2 is 2.05 bits per heavy atom. The molecule has 114 valence electrons. The molecule has 0 spiro atoms. The number of carbonyl (C=O) groups excluding carboxylic acids is 1. The van der Waals surface area contributed by atoms with Gasteiger partial charge in [-0.3, -0.25) is 9.59 Å². The first-order chi connectivity index (χ1) is 9.92. The van der Waals surface area contributed by atoms with Crippen LogP contribution in [0.2, 0.25) is 0 Å². The summed E-state index contributed by atoms with van der Waals surface area (Å²) >= 11 is 3.18. The number of hydrogen-bond acceptors (Lipinski definition) is 2. The SMILES string of the molecule is CCC1C[C@H](C(=O)Nc2ccc(F)cc2Br)[C@H](C(=O)O)C1. The number of amides is 1. The van der Waals surface area contributed by atoms with E-state index in [1.54, 1.807) is 0 Å². The number of benzene rings is 1. The summed E-state index contributed by atoms with van der Waals surface area (Å²) in [5, 5.41) is 12.0. The zero-order chi connectivity index (χ0) is 15.6. The second-order valence-electron chi connectivity index (χ2n) is 5.41. The Balaban J connectivity index is 2.13. The number of carboxylic acids is 1. The van der Waals surface area contributed by atoms with E-state index < -0.39 is 23.6 Å². The topological polar surface area (TPSA) is 66.4 Å². The molecular formula is C15H17BrFNO3. The third kappa shape index (κ3) is 3.61. The zero-order valence-electron chi connectivity index (χ0n) is 11.6. The maximum absolute atomic E-state index is 13.0. The molecule has 2 N–H and O–H groups in total. The first-order valence-corrected chi connectivity index (χ1v) is 7.70. The lowest BCUT2D eigenvalue weighted by molar-refractivity contribution is -0.145. The predicted octanol–water partition coefficient (Wildman–Crippen LogP) is 3.66. The molecule has 1 saturated carbocycles. The summed E-state index contributed by atoms with van der Waals surface area (Å²) in [6.07, 6.45) is 1.99. The number of carbonyl (C=O) groups is 2. The lowest BCUT2D eigenvalue weighted by atomic mass is 9.95.